The number of aliphatic hydroxyl groups excluding tert-OH is 1. The number of nitrogens with two attached hydrogens (primary N) is 1. The van der Waals surface area contributed by atoms with Gasteiger partial charge in [-0.3, -0.25) is 9.11 Å². The SMILES string of the molecule is CN.CSNCc1cc(-c2ccc(C(O)CCF)cc2)on1.O=CC(Cl)Cl. The summed E-state index contributed by atoms with van der Waals surface area (Å²) in [6, 6.07) is 9.10. The van der Waals surface area contributed by atoms with Gasteiger partial charge < -0.3 is 20.2 Å². The number of carbonyl (C=O) groups is 1. The molecular formula is C17H24Cl2FN3O3S. The second-order valence-electron chi connectivity index (χ2n) is 4.79. The van der Waals surface area contributed by atoms with E-state index in [-0.39, 0.29) is 6.42 Å². The Hall–Kier alpha value is -1.16. The Bertz CT molecular complexity index is 630. The normalized spacial score (nSPS) is 11.1. The lowest BCUT2D eigenvalue weighted by atomic mass is 10.0. The van der Waals surface area contributed by atoms with Crippen LogP contribution in [0.15, 0.2) is 34.9 Å². The Balaban J connectivity index is 0.000000838. The standard InChI is InChI=1S/C14H17FN2O2S.C2H2Cl2O.CH5N/c1-20-16-9-12-8-14(19-17-12)11-4-2-10(3-5-11)13(18)6-7-15;3-2(4)1-5;1-2/h2-5,8,13,16,18H,6-7,9H2,1H3;1-2H;2H2,1H3. The van der Waals surface area contributed by atoms with E-state index in [0.29, 0.717) is 24.2 Å². The Kier molecular flexibility index (Phi) is 15.2. The molecule has 10 heteroatoms. The van der Waals surface area contributed by atoms with E-state index >= 15 is 0 Å². The molecule has 2 rings (SSSR count). The van der Waals surface area contributed by atoms with Crippen molar-refractivity contribution in [3.63, 3.8) is 0 Å². The summed E-state index contributed by atoms with van der Waals surface area (Å²) in [5, 5.41) is 13.7. The molecule has 0 spiro atoms. The summed E-state index contributed by atoms with van der Waals surface area (Å²) >= 11 is 11.2. The largest absolute Gasteiger partial charge is 0.388 e. The molecule has 27 heavy (non-hydrogen) atoms. The average molecular weight is 440 g/mol. The first-order valence-corrected chi connectivity index (χ1v) is 9.98. The highest BCUT2D eigenvalue weighted by Gasteiger charge is 2.10. The van der Waals surface area contributed by atoms with E-state index in [1.54, 1.807) is 12.1 Å². The van der Waals surface area contributed by atoms with Crippen LogP contribution in [-0.4, -0.2) is 41.4 Å². The van der Waals surface area contributed by atoms with Crippen LogP contribution in [0.4, 0.5) is 4.39 Å². The Morgan fingerprint density at radius 1 is 1.37 bits per heavy atom. The number of carbonyl (C=O) groups excluding carboxylic acids is 1. The quantitative estimate of drug-likeness (QED) is 0.327. The van der Waals surface area contributed by atoms with Gasteiger partial charge in [0.05, 0.1) is 25.0 Å². The highest BCUT2D eigenvalue weighted by Crippen LogP contribution is 2.24. The van der Waals surface area contributed by atoms with Crippen LogP contribution in [0, 0.1) is 0 Å². The summed E-state index contributed by atoms with van der Waals surface area (Å²) in [4.78, 5) is 8.39. The molecule has 1 heterocycles. The molecule has 0 amide bonds. The first kappa shape index (κ1) is 25.8. The number of nitrogens with zero attached hydrogens (tertiary/aromatic N) is 1. The summed E-state index contributed by atoms with van der Waals surface area (Å²) in [6.07, 6.45) is 1.75. The third-order valence-electron chi connectivity index (χ3n) is 3.02. The molecule has 0 radical (unpaired) electrons. The molecule has 6 nitrogen and oxygen atoms in total. The number of aromatic nitrogens is 1. The van der Waals surface area contributed by atoms with E-state index in [2.05, 4.69) is 15.6 Å². The lowest BCUT2D eigenvalue weighted by Crippen LogP contribution is -2.01. The Morgan fingerprint density at radius 3 is 2.44 bits per heavy atom. The first-order chi connectivity index (χ1) is 13.0. The molecule has 0 fully saturated rings. The molecule has 0 saturated heterocycles. The van der Waals surface area contributed by atoms with Gasteiger partial charge in [0.2, 0.25) is 0 Å². The van der Waals surface area contributed by atoms with Crippen molar-refractivity contribution in [2.75, 3.05) is 20.0 Å². The minimum Gasteiger partial charge on any atom is -0.388 e. The molecule has 0 aliphatic heterocycles. The number of aldehydes is 1. The maximum Gasteiger partial charge on any atom is 0.167 e. The minimum atomic E-state index is -0.852. The third kappa shape index (κ3) is 10.7. The van der Waals surface area contributed by atoms with Gasteiger partial charge in [-0.05, 0) is 18.9 Å². The molecule has 1 unspecified atom stereocenters. The summed E-state index contributed by atoms with van der Waals surface area (Å²) < 4.78 is 20.6. The minimum absolute atomic E-state index is 0.117. The van der Waals surface area contributed by atoms with Gasteiger partial charge in [-0.2, -0.15) is 0 Å². The van der Waals surface area contributed by atoms with Crippen molar-refractivity contribution in [2.24, 2.45) is 5.73 Å². The summed E-state index contributed by atoms with van der Waals surface area (Å²) in [6.45, 7) is 0.106. The van der Waals surface area contributed by atoms with Gasteiger partial charge in [-0.1, -0.05) is 64.6 Å². The topological polar surface area (TPSA) is 101 Å². The zero-order chi connectivity index (χ0) is 20.7. The monoisotopic (exact) mass is 439 g/mol. The maximum absolute atomic E-state index is 12.2. The van der Waals surface area contributed by atoms with Crippen molar-refractivity contribution >= 4 is 41.4 Å². The van der Waals surface area contributed by atoms with Crippen molar-refractivity contribution in [1.29, 1.82) is 0 Å². The van der Waals surface area contributed by atoms with Crippen LogP contribution >= 0.6 is 35.1 Å². The first-order valence-electron chi connectivity index (χ1n) is 7.88. The highest BCUT2D eigenvalue weighted by atomic mass is 35.5. The van der Waals surface area contributed by atoms with E-state index < -0.39 is 17.6 Å². The van der Waals surface area contributed by atoms with Crippen LogP contribution in [0.1, 0.15) is 23.8 Å². The molecular weight excluding hydrogens is 416 g/mol. The van der Waals surface area contributed by atoms with Crippen LogP contribution in [-0.2, 0) is 11.3 Å². The molecule has 2 aromatic rings. The van der Waals surface area contributed by atoms with Gasteiger partial charge in [0.15, 0.2) is 16.9 Å². The summed E-state index contributed by atoms with van der Waals surface area (Å²) in [5.74, 6) is 0.675. The maximum atomic E-state index is 12.2. The third-order valence-corrected chi connectivity index (χ3v) is 3.66. The molecule has 0 bridgehead atoms. The van der Waals surface area contributed by atoms with Crippen LogP contribution < -0.4 is 10.5 Å². The van der Waals surface area contributed by atoms with Gasteiger partial charge in [0.25, 0.3) is 0 Å². The van der Waals surface area contributed by atoms with Gasteiger partial charge in [0, 0.05) is 18.1 Å². The number of alkyl halides is 3. The van der Waals surface area contributed by atoms with E-state index in [1.165, 1.54) is 19.0 Å². The molecule has 0 aliphatic carbocycles. The van der Waals surface area contributed by atoms with Crippen LogP contribution in [0.3, 0.4) is 0 Å². The Labute approximate surface area is 172 Å². The van der Waals surface area contributed by atoms with Crippen molar-refractivity contribution in [2.45, 2.75) is 23.9 Å². The van der Waals surface area contributed by atoms with E-state index in [4.69, 9.17) is 27.7 Å². The zero-order valence-corrected chi connectivity index (χ0v) is 17.4. The predicted octanol–water partition coefficient (Wildman–Crippen LogP) is 3.67. The molecule has 1 aromatic heterocycles. The highest BCUT2D eigenvalue weighted by molar-refractivity contribution is 7.96. The molecule has 152 valence electrons. The fraction of sp³-hybridized carbons (Fsp3) is 0.412. The lowest BCUT2D eigenvalue weighted by molar-refractivity contribution is -0.106. The van der Waals surface area contributed by atoms with E-state index in [0.717, 1.165) is 11.3 Å². The number of nitrogens with one attached hydrogen (secondary N) is 1. The van der Waals surface area contributed by atoms with Crippen LogP contribution in [0.25, 0.3) is 11.3 Å². The number of benzene rings is 1. The fourth-order valence-corrected chi connectivity index (χ4v) is 2.11. The Morgan fingerprint density at radius 2 is 1.96 bits per heavy atom. The number of rotatable bonds is 8. The molecule has 0 aliphatic rings. The van der Waals surface area contributed by atoms with Crippen LogP contribution in [0.5, 0.6) is 0 Å². The molecule has 4 N–H and O–H groups in total. The van der Waals surface area contributed by atoms with Gasteiger partial charge >= 0.3 is 0 Å². The van der Waals surface area contributed by atoms with E-state index in [9.17, 15) is 14.3 Å². The molecule has 1 aromatic carbocycles. The van der Waals surface area contributed by atoms with Crippen molar-refractivity contribution in [3.8, 4) is 11.3 Å². The van der Waals surface area contributed by atoms with Gasteiger partial charge in [0.1, 0.15) is 0 Å². The lowest BCUT2D eigenvalue weighted by Gasteiger charge is -2.08. The van der Waals surface area contributed by atoms with Crippen molar-refractivity contribution in [3.05, 3.63) is 41.6 Å². The number of aliphatic hydroxyl groups is 1. The second-order valence-corrected chi connectivity index (χ2v) is 6.65. The zero-order valence-electron chi connectivity index (χ0n) is 15.1. The predicted molar refractivity (Wildman–Crippen MR) is 110 cm³/mol. The van der Waals surface area contributed by atoms with Crippen molar-refractivity contribution < 1.29 is 18.8 Å². The number of hydrogen-bond acceptors (Lipinski definition) is 7. The van der Waals surface area contributed by atoms with Gasteiger partial charge in [-0.15, -0.1) is 0 Å². The van der Waals surface area contributed by atoms with Gasteiger partial charge in [-0.25, -0.2) is 0 Å². The summed E-state index contributed by atoms with van der Waals surface area (Å²) in [7, 11) is 1.50. The summed E-state index contributed by atoms with van der Waals surface area (Å²) in [5.41, 5.74) is 6.91. The van der Waals surface area contributed by atoms with Crippen molar-refractivity contribution in [1.82, 2.24) is 9.88 Å². The van der Waals surface area contributed by atoms with E-state index in [1.807, 2.05) is 24.5 Å². The average Bonchev–Trinajstić information content (AvgIpc) is 3.17. The molecule has 0 saturated carbocycles. The fourth-order valence-electron chi connectivity index (χ4n) is 1.82. The second kappa shape index (κ2) is 15.9. The smallest absolute Gasteiger partial charge is 0.167 e. The number of hydrogen-bond donors (Lipinski definition) is 3. The molecule has 1 atom stereocenters. The van der Waals surface area contributed by atoms with Crippen LogP contribution in [0.2, 0.25) is 0 Å². The number of halogens is 3.